The first-order chi connectivity index (χ1) is 8.17. The fourth-order valence-electron chi connectivity index (χ4n) is 1.61. The lowest BCUT2D eigenvalue weighted by molar-refractivity contribution is 0.357. The first kappa shape index (κ1) is 14.1. The minimum absolute atomic E-state index is 0.183. The van der Waals surface area contributed by atoms with Crippen LogP contribution in [0.5, 0.6) is 5.75 Å². The van der Waals surface area contributed by atoms with Crippen LogP contribution in [0.25, 0.3) is 0 Å². The number of halogens is 1. The number of nitrogens with two attached hydrogens (primary N) is 1. The van der Waals surface area contributed by atoms with Crippen molar-refractivity contribution < 1.29 is 4.74 Å². The van der Waals surface area contributed by atoms with Crippen molar-refractivity contribution in [1.82, 2.24) is 0 Å². The summed E-state index contributed by atoms with van der Waals surface area (Å²) in [5.41, 5.74) is 9.85. The molecule has 1 unspecified atom stereocenters. The van der Waals surface area contributed by atoms with Crippen LogP contribution in [0, 0.1) is 6.92 Å². The van der Waals surface area contributed by atoms with E-state index >= 15 is 0 Å². The zero-order chi connectivity index (χ0) is 12.7. The molecule has 0 bridgehead atoms. The fraction of sp³-hybridized carbons (Fsp3) is 0.429. The van der Waals surface area contributed by atoms with Crippen LogP contribution in [-0.4, -0.2) is 12.6 Å². The Bertz CT molecular complexity index is 376. The Hall–Kier alpha value is -0.990. The van der Waals surface area contributed by atoms with Gasteiger partial charge in [-0.05, 0) is 37.5 Å². The van der Waals surface area contributed by atoms with Crippen molar-refractivity contribution in [3.63, 3.8) is 0 Å². The Labute approximate surface area is 108 Å². The minimum atomic E-state index is 0.183. The molecule has 2 N–H and O–H groups in total. The Morgan fingerprint density at radius 3 is 2.88 bits per heavy atom. The first-order valence-electron chi connectivity index (χ1n) is 5.90. The molecule has 0 radical (unpaired) electrons. The van der Waals surface area contributed by atoms with Crippen LogP contribution in [0.1, 0.15) is 24.5 Å². The molecule has 1 rings (SSSR count). The number of rotatable bonds is 6. The molecule has 0 heterocycles. The summed E-state index contributed by atoms with van der Waals surface area (Å²) in [5.74, 6) is 0.897. The molecule has 2 nitrogen and oxygen atoms in total. The van der Waals surface area contributed by atoms with Gasteiger partial charge in [-0.2, -0.15) is 0 Å². The maximum absolute atomic E-state index is 5.99. The van der Waals surface area contributed by atoms with Crippen LogP contribution in [-0.2, 0) is 6.42 Å². The molecule has 94 valence electrons. The maximum atomic E-state index is 5.99. The molecule has 0 fully saturated rings. The third kappa shape index (κ3) is 4.80. The largest absolute Gasteiger partial charge is 0.489 e. The van der Waals surface area contributed by atoms with E-state index in [1.807, 2.05) is 12.1 Å². The van der Waals surface area contributed by atoms with Crippen LogP contribution >= 0.6 is 11.6 Å². The van der Waals surface area contributed by atoms with Gasteiger partial charge in [0.1, 0.15) is 12.4 Å². The summed E-state index contributed by atoms with van der Waals surface area (Å²) in [4.78, 5) is 0. The number of hydrogen-bond acceptors (Lipinski definition) is 2. The topological polar surface area (TPSA) is 35.2 Å². The summed E-state index contributed by atoms with van der Waals surface area (Å²) in [6.07, 6.45) is 3.58. The molecule has 0 aromatic heterocycles. The van der Waals surface area contributed by atoms with E-state index in [-0.39, 0.29) is 6.04 Å². The standard InChI is InChI=1S/C14H20ClNO/c1-3-13(16)10-12-9-11(2)5-6-14(12)17-8-4-7-15/h4-7,9,13H,3,8,10,16H2,1-2H3. The van der Waals surface area contributed by atoms with Gasteiger partial charge in [0.2, 0.25) is 0 Å². The van der Waals surface area contributed by atoms with Crippen LogP contribution in [0.3, 0.4) is 0 Å². The normalized spacial score (nSPS) is 12.9. The van der Waals surface area contributed by atoms with E-state index in [9.17, 15) is 0 Å². The van der Waals surface area contributed by atoms with Gasteiger partial charge in [0, 0.05) is 11.6 Å². The Morgan fingerprint density at radius 1 is 1.47 bits per heavy atom. The van der Waals surface area contributed by atoms with Gasteiger partial charge in [-0.15, -0.1) is 0 Å². The smallest absolute Gasteiger partial charge is 0.123 e. The van der Waals surface area contributed by atoms with Crippen molar-refractivity contribution in [1.29, 1.82) is 0 Å². The zero-order valence-electron chi connectivity index (χ0n) is 10.4. The molecule has 1 aromatic carbocycles. The van der Waals surface area contributed by atoms with Crippen molar-refractivity contribution in [2.45, 2.75) is 32.7 Å². The predicted molar refractivity (Wildman–Crippen MR) is 73.6 cm³/mol. The van der Waals surface area contributed by atoms with Crippen molar-refractivity contribution in [2.24, 2.45) is 5.73 Å². The summed E-state index contributed by atoms with van der Waals surface area (Å²) >= 11 is 5.46. The van der Waals surface area contributed by atoms with Crippen molar-refractivity contribution in [3.05, 3.63) is 40.9 Å². The van der Waals surface area contributed by atoms with E-state index in [4.69, 9.17) is 22.1 Å². The van der Waals surface area contributed by atoms with Gasteiger partial charge in [-0.3, -0.25) is 0 Å². The third-order valence-electron chi connectivity index (χ3n) is 2.65. The molecule has 0 saturated heterocycles. The average Bonchev–Trinajstić information content (AvgIpc) is 2.32. The van der Waals surface area contributed by atoms with Gasteiger partial charge >= 0.3 is 0 Å². The summed E-state index contributed by atoms with van der Waals surface area (Å²) in [6.45, 7) is 4.65. The molecule has 0 aliphatic heterocycles. The third-order valence-corrected chi connectivity index (χ3v) is 2.82. The molecule has 1 aromatic rings. The minimum Gasteiger partial charge on any atom is -0.489 e. The number of ether oxygens (including phenoxy) is 1. The zero-order valence-corrected chi connectivity index (χ0v) is 11.2. The van der Waals surface area contributed by atoms with Gasteiger partial charge in [0.15, 0.2) is 0 Å². The Balaban J connectivity index is 2.79. The van der Waals surface area contributed by atoms with E-state index in [1.54, 1.807) is 6.08 Å². The van der Waals surface area contributed by atoms with Crippen LogP contribution in [0.15, 0.2) is 29.8 Å². The van der Waals surface area contributed by atoms with Gasteiger partial charge in [-0.25, -0.2) is 0 Å². The summed E-state index contributed by atoms with van der Waals surface area (Å²) < 4.78 is 5.65. The second-order valence-corrected chi connectivity index (χ2v) is 4.41. The number of aryl methyl sites for hydroxylation is 1. The van der Waals surface area contributed by atoms with E-state index in [0.29, 0.717) is 6.61 Å². The van der Waals surface area contributed by atoms with E-state index in [2.05, 4.69) is 19.9 Å². The van der Waals surface area contributed by atoms with Gasteiger partial charge in [0.05, 0.1) is 0 Å². The molecule has 0 aliphatic carbocycles. The molecule has 0 saturated carbocycles. The fourth-order valence-corrected chi connectivity index (χ4v) is 1.68. The molecule has 0 spiro atoms. The average molecular weight is 254 g/mol. The first-order valence-corrected chi connectivity index (χ1v) is 6.34. The highest BCUT2D eigenvalue weighted by Crippen LogP contribution is 2.22. The van der Waals surface area contributed by atoms with E-state index in [0.717, 1.165) is 18.6 Å². The van der Waals surface area contributed by atoms with Gasteiger partial charge < -0.3 is 10.5 Å². The molecule has 0 amide bonds. The molecule has 17 heavy (non-hydrogen) atoms. The van der Waals surface area contributed by atoms with Crippen molar-refractivity contribution >= 4 is 11.6 Å². The Morgan fingerprint density at radius 2 is 2.24 bits per heavy atom. The van der Waals surface area contributed by atoms with Crippen LogP contribution in [0.2, 0.25) is 0 Å². The highest BCUT2D eigenvalue weighted by atomic mass is 35.5. The summed E-state index contributed by atoms with van der Waals surface area (Å²) in [5, 5.41) is 0. The van der Waals surface area contributed by atoms with Gasteiger partial charge in [0.25, 0.3) is 0 Å². The second kappa shape index (κ2) is 7.36. The van der Waals surface area contributed by atoms with Crippen molar-refractivity contribution in [3.8, 4) is 5.75 Å². The molecule has 0 aliphatic rings. The Kier molecular flexibility index (Phi) is 6.09. The van der Waals surface area contributed by atoms with Crippen LogP contribution < -0.4 is 10.5 Å². The van der Waals surface area contributed by atoms with Gasteiger partial charge in [-0.1, -0.05) is 36.2 Å². The summed E-state index contributed by atoms with van der Waals surface area (Å²) in [6, 6.07) is 6.35. The monoisotopic (exact) mass is 253 g/mol. The van der Waals surface area contributed by atoms with E-state index < -0.39 is 0 Å². The lowest BCUT2D eigenvalue weighted by Gasteiger charge is -2.14. The summed E-state index contributed by atoms with van der Waals surface area (Å²) in [7, 11) is 0. The van der Waals surface area contributed by atoms with E-state index in [1.165, 1.54) is 16.7 Å². The highest BCUT2D eigenvalue weighted by molar-refractivity contribution is 6.25. The van der Waals surface area contributed by atoms with Crippen LogP contribution in [0.4, 0.5) is 0 Å². The number of benzene rings is 1. The number of hydrogen-bond donors (Lipinski definition) is 1. The molecular formula is C14H20ClNO. The lowest BCUT2D eigenvalue weighted by Crippen LogP contribution is -2.21. The quantitative estimate of drug-likeness (QED) is 0.843. The molecular weight excluding hydrogens is 234 g/mol. The molecule has 1 atom stereocenters. The highest BCUT2D eigenvalue weighted by Gasteiger charge is 2.08. The molecule has 3 heteroatoms. The van der Waals surface area contributed by atoms with Crippen molar-refractivity contribution in [2.75, 3.05) is 6.61 Å². The predicted octanol–water partition coefficient (Wildman–Crippen LogP) is 3.41. The SMILES string of the molecule is CCC(N)Cc1cc(C)ccc1OCC=CCl. The maximum Gasteiger partial charge on any atom is 0.123 e. The lowest BCUT2D eigenvalue weighted by atomic mass is 10.0. The second-order valence-electron chi connectivity index (χ2n) is 4.16.